The second-order valence-electron chi connectivity index (χ2n) is 5.49. The van der Waals surface area contributed by atoms with Crippen molar-refractivity contribution in [2.75, 3.05) is 0 Å². The average molecular weight is 182 g/mol. The zero-order valence-corrected chi connectivity index (χ0v) is 8.97. The van der Waals surface area contributed by atoms with Gasteiger partial charge in [0, 0.05) is 0 Å². The first-order chi connectivity index (χ1) is 6.08. The van der Waals surface area contributed by atoms with Crippen LogP contribution in [-0.4, -0.2) is 10.7 Å². The molecule has 2 aliphatic rings. The van der Waals surface area contributed by atoms with Gasteiger partial charge in [-0.1, -0.05) is 33.1 Å². The minimum absolute atomic E-state index is 0.239. The van der Waals surface area contributed by atoms with E-state index in [1.165, 1.54) is 38.5 Å². The topological polar surface area (TPSA) is 20.2 Å². The molecule has 0 radical (unpaired) electrons. The van der Waals surface area contributed by atoms with Gasteiger partial charge in [-0.3, -0.25) is 0 Å². The van der Waals surface area contributed by atoms with E-state index in [9.17, 15) is 5.11 Å². The van der Waals surface area contributed by atoms with E-state index >= 15 is 0 Å². The lowest BCUT2D eigenvalue weighted by molar-refractivity contribution is -0.164. The Hall–Kier alpha value is -0.0400. The number of hydrogen-bond acceptors (Lipinski definition) is 1. The Morgan fingerprint density at radius 2 is 1.69 bits per heavy atom. The van der Waals surface area contributed by atoms with Crippen molar-refractivity contribution in [3.05, 3.63) is 0 Å². The van der Waals surface area contributed by atoms with Crippen LogP contribution in [0, 0.1) is 11.3 Å². The highest BCUT2D eigenvalue weighted by atomic mass is 16.3. The molecule has 0 bridgehead atoms. The maximum Gasteiger partial charge on any atom is 0.0726 e. The molecule has 13 heavy (non-hydrogen) atoms. The van der Waals surface area contributed by atoms with Gasteiger partial charge in [0.05, 0.1) is 5.60 Å². The van der Waals surface area contributed by atoms with Gasteiger partial charge in [0.1, 0.15) is 0 Å². The minimum Gasteiger partial charge on any atom is -0.389 e. The van der Waals surface area contributed by atoms with Gasteiger partial charge in [-0.25, -0.2) is 0 Å². The molecule has 0 saturated heterocycles. The Labute approximate surface area is 81.5 Å². The predicted octanol–water partition coefficient (Wildman–Crippen LogP) is 3.12. The Morgan fingerprint density at radius 1 is 1.08 bits per heavy atom. The summed E-state index contributed by atoms with van der Waals surface area (Å²) in [6.07, 6.45) is 8.64. The van der Waals surface area contributed by atoms with Crippen LogP contribution in [0.25, 0.3) is 0 Å². The zero-order valence-electron chi connectivity index (χ0n) is 8.97. The standard InChI is InChI=1S/C12H22O/c1-10-6-5-8-11(2)7-3-4-9-12(10,11)13/h10,13H,3-9H2,1-2H3/t10-,11-,12+/m0/s1. The maximum absolute atomic E-state index is 10.7. The first kappa shape index (κ1) is 9.51. The van der Waals surface area contributed by atoms with Crippen LogP contribution in [0.4, 0.5) is 0 Å². The van der Waals surface area contributed by atoms with Crippen molar-refractivity contribution in [2.45, 2.75) is 64.4 Å². The van der Waals surface area contributed by atoms with Gasteiger partial charge < -0.3 is 5.11 Å². The first-order valence-electron chi connectivity index (χ1n) is 5.81. The lowest BCUT2D eigenvalue weighted by Gasteiger charge is -2.55. The summed E-state index contributed by atoms with van der Waals surface area (Å²) in [6.45, 7) is 4.55. The van der Waals surface area contributed by atoms with Crippen molar-refractivity contribution in [2.24, 2.45) is 11.3 Å². The maximum atomic E-state index is 10.7. The molecule has 0 amide bonds. The molecule has 1 nitrogen and oxygen atoms in total. The summed E-state index contributed by atoms with van der Waals surface area (Å²) in [6, 6.07) is 0. The zero-order chi connectivity index (χ0) is 9.53. The van der Waals surface area contributed by atoms with Gasteiger partial charge in [0.15, 0.2) is 0 Å². The van der Waals surface area contributed by atoms with Crippen molar-refractivity contribution >= 4 is 0 Å². The monoisotopic (exact) mass is 182 g/mol. The third-order valence-corrected chi connectivity index (χ3v) is 4.76. The highest BCUT2D eigenvalue weighted by Gasteiger charge is 2.52. The van der Waals surface area contributed by atoms with E-state index in [0.717, 1.165) is 6.42 Å². The van der Waals surface area contributed by atoms with Gasteiger partial charge >= 0.3 is 0 Å². The van der Waals surface area contributed by atoms with Crippen molar-refractivity contribution in [1.82, 2.24) is 0 Å². The minimum atomic E-state index is -0.330. The summed E-state index contributed by atoms with van der Waals surface area (Å²) < 4.78 is 0. The lowest BCUT2D eigenvalue weighted by atomic mass is 9.54. The molecule has 2 saturated carbocycles. The summed E-state index contributed by atoms with van der Waals surface area (Å²) in [5.41, 5.74) is -0.0909. The summed E-state index contributed by atoms with van der Waals surface area (Å²) >= 11 is 0. The highest BCUT2D eigenvalue weighted by Crippen LogP contribution is 2.55. The molecule has 2 aliphatic carbocycles. The van der Waals surface area contributed by atoms with E-state index < -0.39 is 0 Å². The van der Waals surface area contributed by atoms with Crippen LogP contribution in [0.3, 0.4) is 0 Å². The number of fused-ring (bicyclic) bond motifs is 1. The van der Waals surface area contributed by atoms with Gasteiger partial charge in [-0.05, 0) is 37.0 Å². The summed E-state index contributed by atoms with van der Waals surface area (Å²) in [5.74, 6) is 0.520. The Morgan fingerprint density at radius 3 is 2.38 bits per heavy atom. The number of aliphatic hydroxyl groups is 1. The van der Waals surface area contributed by atoms with Crippen LogP contribution < -0.4 is 0 Å². The average Bonchev–Trinajstić information content (AvgIpc) is 2.09. The molecule has 0 aliphatic heterocycles. The molecule has 0 spiro atoms. The Bertz CT molecular complexity index is 197. The van der Waals surface area contributed by atoms with E-state index in [-0.39, 0.29) is 11.0 Å². The van der Waals surface area contributed by atoms with Crippen LogP contribution in [0.5, 0.6) is 0 Å². The van der Waals surface area contributed by atoms with Crippen LogP contribution in [0.2, 0.25) is 0 Å². The van der Waals surface area contributed by atoms with Crippen LogP contribution in [0.1, 0.15) is 58.8 Å². The summed E-state index contributed by atoms with van der Waals surface area (Å²) in [4.78, 5) is 0. The van der Waals surface area contributed by atoms with Crippen molar-refractivity contribution < 1.29 is 5.11 Å². The molecule has 1 heteroatoms. The van der Waals surface area contributed by atoms with Crippen LogP contribution in [0.15, 0.2) is 0 Å². The van der Waals surface area contributed by atoms with Gasteiger partial charge in [0.2, 0.25) is 0 Å². The van der Waals surface area contributed by atoms with E-state index in [4.69, 9.17) is 0 Å². The molecule has 0 unspecified atom stereocenters. The molecule has 2 rings (SSSR count). The van der Waals surface area contributed by atoms with Crippen molar-refractivity contribution in [3.8, 4) is 0 Å². The third kappa shape index (κ3) is 1.24. The molecule has 2 fully saturated rings. The van der Waals surface area contributed by atoms with Crippen molar-refractivity contribution in [3.63, 3.8) is 0 Å². The fourth-order valence-corrected chi connectivity index (χ4v) is 3.65. The normalized spacial score (nSPS) is 51.5. The highest BCUT2D eigenvalue weighted by molar-refractivity contribution is 5.04. The van der Waals surface area contributed by atoms with E-state index in [1.54, 1.807) is 0 Å². The largest absolute Gasteiger partial charge is 0.389 e. The van der Waals surface area contributed by atoms with Gasteiger partial charge in [-0.15, -0.1) is 0 Å². The third-order valence-electron chi connectivity index (χ3n) is 4.76. The molecule has 76 valence electrons. The molecule has 0 aromatic rings. The van der Waals surface area contributed by atoms with E-state index in [0.29, 0.717) is 5.92 Å². The second-order valence-corrected chi connectivity index (χ2v) is 5.49. The van der Waals surface area contributed by atoms with Gasteiger partial charge in [-0.2, -0.15) is 0 Å². The fourth-order valence-electron chi connectivity index (χ4n) is 3.65. The van der Waals surface area contributed by atoms with Gasteiger partial charge in [0.25, 0.3) is 0 Å². The summed E-state index contributed by atoms with van der Waals surface area (Å²) in [7, 11) is 0. The smallest absolute Gasteiger partial charge is 0.0726 e. The quantitative estimate of drug-likeness (QED) is 0.610. The predicted molar refractivity (Wildman–Crippen MR) is 54.5 cm³/mol. The number of hydrogen-bond donors (Lipinski definition) is 1. The van der Waals surface area contributed by atoms with E-state index in [2.05, 4.69) is 13.8 Å². The SMILES string of the molecule is C[C@H]1CCC[C@]2(C)CCCC[C@@]12O. The van der Waals surface area contributed by atoms with E-state index in [1.807, 2.05) is 0 Å². The molecular weight excluding hydrogens is 160 g/mol. The fraction of sp³-hybridized carbons (Fsp3) is 1.00. The molecule has 3 atom stereocenters. The molecule has 1 N–H and O–H groups in total. The summed E-state index contributed by atoms with van der Waals surface area (Å²) in [5, 5.41) is 10.7. The molecular formula is C12H22O. The van der Waals surface area contributed by atoms with Crippen LogP contribution in [-0.2, 0) is 0 Å². The van der Waals surface area contributed by atoms with Crippen molar-refractivity contribution in [1.29, 1.82) is 0 Å². The molecule has 0 aromatic carbocycles. The molecule has 0 aromatic heterocycles. The van der Waals surface area contributed by atoms with Crippen LogP contribution >= 0.6 is 0 Å². The first-order valence-corrected chi connectivity index (χ1v) is 5.81. The number of rotatable bonds is 0. The lowest BCUT2D eigenvalue weighted by Crippen LogP contribution is -2.55. The Balaban J connectivity index is 2.27. The molecule has 0 heterocycles. The second kappa shape index (κ2) is 2.98. The Kier molecular flexibility index (Phi) is 2.18.